The second-order valence-corrected chi connectivity index (χ2v) is 6.83. The fraction of sp³-hybridized carbons (Fsp3) is 0.474. The lowest BCUT2D eigenvalue weighted by Crippen LogP contribution is -2.28. The summed E-state index contributed by atoms with van der Waals surface area (Å²) < 4.78 is 0.915. The third-order valence-corrected chi connectivity index (χ3v) is 4.45. The largest absolute Gasteiger partial charge is 0.507 e. The number of hydrogen-bond donors (Lipinski definition) is 3. The number of phenols is 1. The number of aliphatic hydroxyl groups excluding tert-OH is 2. The van der Waals surface area contributed by atoms with Crippen molar-refractivity contribution in [1.29, 1.82) is 0 Å². The number of benzene rings is 1. The first kappa shape index (κ1) is 19.9. The molecule has 3 N–H and O–H groups in total. The van der Waals surface area contributed by atoms with Gasteiger partial charge in [0, 0.05) is 16.0 Å². The van der Waals surface area contributed by atoms with Crippen molar-refractivity contribution in [2.45, 2.75) is 51.7 Å². The highest BCUT2D eigenvalue weighted by Crippen LogP contribution is 2.27. The predicted octanol–water partition coefficient (Wildman–Crippen LogP) is 4.66. The Labute approximate surface area is 147 Å². The molecular weight excluding hydrogens is 356 g/mol. The molecule has 0 radical (unpaired) electrons. The number of aliphatic hydroxyl groups is 2. The Morgan fingerprint density at radius 1 is 1.30 bits per heavy atom. The van der Waals surface area contributed by atoms with Gasteiger partial charge in [-0.3, -0.25) is 0 Å². The van der Waals surface area contributed by atoms with Crippen molar-refractivity contribution >= 4 is 22.0 Å². The van der Waals surface area contributed by atoms with E-state index in [2.05, 4.69) is 29.4 Å². The van der Waals surface area contributed by atoms with E-state index in [0.717, 1.165) is 29.3 Å². The molecule has 0 heterocycles. The highest BCUT2D eigenvalue weighted by molar-refractivity contribution is 9.10. The zero-order chi connectivity index (χ0) is 17.4. The second kappa shape index (κ2) is 9.91. The molecule has 1 rings (SSSR count). The highest BCUT2D eigenvalue weighted by Gasteiger charge is 2.20. The Morgan fingerprint density at radius 2 is 2.00 bits per heavy atom. The van der Waals surface area contributed by atoms with Crippen LogP contribution in [0.15, 0.2) is 40.9 Å². The minimum Gasteiger partial charge on any atom is -0.507 e. The highest BCUT2D eigenvalue weighted by atomic mass is 79.9. The topological polar surface area (TPSA) is 60.7 Å². The zero-order valence-corrected chi connectivity index (χ0v) is 15.5. The average Bonchev–Trinajstić information content (AvgIpc) is 2.49. The van der Waals surface area contributed by atoms with Crippen LogP contribution in [0.5, 0.6) is 5.75 Å². The SMILES string of the molecule is C=C[C@H]([C@H](O)CC/C(=C/c1cc(Br)ccc1O)CCC)[C@@H](C)O. The lowest BCUT2D eigenvalue weighted by molar-refractivity contribution is 0.0421. The van der Waals surface area contributed by atoms with Crippen LogP contribution in [0.3, 0.4) is 0 Å². The molecule has 0 fully saturated rings. The number of hydrogen-bond acceptors (Lipinski definition) is 3. The Balaban J connectivity index is 2.84. The van der Waals surface area contributed by atoms with E-state index in [1.54, 1.807) is 25.1 Å². The first-order valence-electron chi connectivity index (χ1n) is 8.05. The fourth-order valence-corrected chi connectivity index (χ4v) is 3.03. The van der Waals surface area contributed by atoms with Crippen LogP contribution < -0.4 is 0 Å². The summed E-state index contributed by atoms with van der Waals surface area (Å²) in [7, 11) is 0. The molecule has 128 valence electrons. The number of halogens is 1. The molecule has 0 bridgehead atoms. The molecule has 0 saturated carbocycles. The smallest absolute Gasteiger partial charge is 0.122 e. The van der Waals surface area contributed by atoms with Crippen molar-refractivity contribution in [3.63, 3.8) is 0 Å². The number of allylic oxidation sites excluding steroid dienone is 1. The van der Waals surface area contributed by atoms with Crippen molar-refractivity contribution < 1.29 is 15.3 Å². The first-order valence-corrected chi connectivity index (χ1v) is 8.85. The first-order chi connectivity index (χ1) is 10.9. The van der Waals surface area contributed by atoms with Gasteiger partial charge in [-0.05, 0) is 44.4 Å². The summed E-state index contributed by atoms with van der Waals surface area (Å²) >= 11 is 3.41. The fourth-order valence-electron chi connectivity index (χ4n) is 2.65. The van der Waals surface area contributed by atoms with Gasteiger partial charge >= 0.3 is 0 Å². The van der Waals surface area contributed by atoms with Gasteiger partial charge in [0.15, 0.2) is 0 Å². The van der Waals surface area contributed by atoms with Gasteiger partial charge in [0.25, 0.3) is 0 Å². The summed E-state index contributed by atoms with van der Waals surface area (Å²) in [6.45, 7) is 7.45. The lowest BCUT2D eigenvalue weighted by Gasteiger charge is -2.22. The quantitative estimate of drug-likeness (QED) is 0.544. The van der Waals surface area contributed by atoms with E-state index in [9.17, 15) is 15.3 Å². The van der Waals surface area contributed by atoms with Crippen LogP contribution in [-0.2, 0) is 0 Å². The van der Waals surface area contributed by atoms with Gasteiger partial charge in [-0.25, -0.2) is 0 Å². The monoisotopic (exact) mass is 382 g/mol. The predicted molar refractivity (Wildman–Crippen MR) is 99.3 cm³/mol. The molecule has 1 aromatic carbocycles. The van der Waals surface area contributed by atoms with Crippen molar-refractivity contribution in [2.75, 3.05) is 0 Å². The van der Waals surface area contributed by atoms with Crippen LogP contribution in [0.4, 0.5) is 0 Å². The van der Waals surface area contributed by atoms with Gasteiger partial charge in [-0.15, -0.1) is 6.58 Å². The molecule has 0 amide bonds. The number of phenolic OH excluding ortho intramolecular Hbond substituents is 1. The van der Waals surface area contributed by atoms with E-state index in [1.807, 2.05) is 12.1 Å². The van der Waals surface area contributed by atoms with Gasteiger partial charge < -0.3 is 15.3 Å². The molecule has 3 nitrogen and oxygen atoms in total. The molecular formula is C19H27BrO3. The summed E-state index contributed by atoms with van der Waals surface area (Å²) in [5, 5.41) is 29.9. The van der Waals surface area contributed by atoms with Gasteiger partial charge in [0.05, 0.1) is 12.2 Å². The molecule has 0 spiro atoms. The molecule has 0 aromatic heterocycles. The zero-order valence-electron chi connectivity index (χ0n) is 13.9. The lowest BCUT2D eigenvalue weighted by atomic mass is 9.91. The third kappa shape index (κ3) is 6.50. The van der Waals surface area contributed by atoms with Crippen LogP contribution in [0.1, 0.15) is 45.1 Å². The Bertz CT molecular complexity index is 537. The minimum atomic E-state index is -0.621. The maximum Gasteiger partial charge on any atom is 0.122 e. The Kier molecular flexibility index (Phi) is 8.59. The van der Waals surface area contributed by atoms with E-state index in [1.165, 1.54) is 5.57 Å². The number of rotatable bonds is 9. The molecule has 0 aliphatic carbocycles. The van der Waals surface area contributed by atoms with Crippen LogP contribution in [-0.4, -0.2) is 27.5 Å². The molecule has 4 heteroatoms. The molecule has 0 unspecified atom stereocenters. The standard InChI is InChI=1S/C19H27BrO3/c1-4-6-14(7-9-19(23)17(5-2)13(3)21)11-15-12-16(20)8-10-18(15)22/h5,8,10-13,17,19,21-23H,2,4,6-7,9H2,1,3H3/b14-11+/t13-,17+,19-/m1/s1. The van der Waals surface area contributed by atoms with Gasteiger partial charge in [-0.1, -0.05) is 47.0 Å². The Morgan fingerprint density at radius 3 is 2.57 bits per heavy atom. The van der Waals surface area contributed by atoms with E-state index in [0.29, 0.717) is 6.42 Å². The molecule has 0 aliphatic heterocycles. The summed E-state index contributed by atoms with van der Waals surface area (Å²) in [5.41, 5.74) is 1.95. The molecule has 1 aromatic rings. The minimum absolute atomic E-state index is 0.246. The van der Waals surface area contributed by atoms with Crippen molar-refractivity contribution in [3.8, 4) is 5.75 Å². The third-order valence-electron chi connectivity index (χ3n) is 3.96. The van der Waals surface area contributed by atoms with Crippen molar-refractivity contribution in [2.24, 2.45) is 5.92 Å². The van der Waals surface area contributed by atoms with E-state index >= 15 is 0 Å². The summed E-state index contributed by atoms with van der Waals surface area (Å²) in [6, 6.07) is 5.34. The van der Waals surface area contributed by atoms with Crippen LogP contribution >= 0.6 is 15.9 Å². The van der Waals surface area contributed by atoms with E-state index in [-0.39, 0.29) is 11.7 Å². The molecule has 0 aliphatic rings. The summed E-state index contributed by atoms with van der Waals surface area (Å²) in [5.74, 6) is -0.0764. The van der Waals surface area contributed by atoms with Crippen LogP contribution in [0.25, 0.3) is 6.08 Å². The molecule has 0 saturated heterocycles. The van der Waals surface area contributed by atoms with Gasteiger partial charge in [0.2, 0.25) is 0 Å². The van der Waals surface area contributed by atoms with Crippen LogP contribution in [0, 0.1) is 5.92 Å². The molecule has 23 heavy (non-hydrogen) atoms. The van der Waals surface area contributed by atoms with E-state index < -0.39 is 12.2 Å². The maximum absolute atomic E-state index is 10.2. The molecule has 3 atom stereocenters. The average molecular weight is 383 g/mol. The normalized spacial score (nSPS) is 16.0. The van der Waals surface area contributed by atoms with Gasteiger partial charge in [-0.2, -0.15) is 0 Å². The summed E-state index contributed by atoms with van der Waals surface area (Å²) in [4.78, 5) is 0. The van der Waals surface area contributed by atoms with Crippen molar-refractivity contribution in [1.82, 2.24) is 0 Å². The second-order valence-electron chi connectivity index (χ2n) is 5.92. The van der Waals surface area contributed by atoms with Crippen molar-refractivity contribution in [3.05, 3.63) is 46.5 Å². The summed E-state index contributed by atoms with van der Waals surface area (Å²) in [6.07, 6.45) is 5.55. The Hall–Kier alpha value is -1.10. The van der Waals surface area contributed by atoms with Gasteiger partial charge in [0.1, 0.15) is 5.75 Å². The van der Waals surface area contributed by atoms with E-state index in [4.69, 9.17) is 0 Å². The van der Waals surface area contributed by atoms with Crippen LogP contribution in [0.2, 0.25) is 0 Å². The maximum atomic E-state index is 10.2. The number of aromatic hydroxyl groups is 1.